The molecule has 1 aromatic heterocycles. The summed E-state index contributed by atoms with van der Waals surface area (Å²) in [6.07, 6.45) is 0. The van der Waals surface area contributed by atoms with Crippen LogP contribution in [0, 0.1) is 0 Å². The Morgan fingerprint density at radius 3 is 1.21 bits per heavy atom. The summed E-state index contributed by atoms with van der Waals surface area (Å²) in [5, 5.41) is 0. The van der Waals surface area contributed by atoms with Crippen LogP contribution >= 0.6 is 34.0 Å². The number of hydrogen-bond acceptors (Lipinski definition) is 6. The molecule has 0 amide bonds. The van der Waals surface area contributed by atoms with Crippen molar-refractivity contribution in [2.75, 3.05) is 26.4 Å². The molecule has 28 heavy (non-hydrogen) atoms. The lowest BCUT2D eigenvalue weighted by Gasteiger charge is -2.20. The van der Waals surface area contributed by atoms with E-state index in [1.54, 1.807) is 0 Å². The van der Waals surface area contributed by atoms with Crippen LogP contribution in [-0.2, 0) is 0 Å². The standard InChI is InChI=1S/C20H24N2O4.2BrH/c1-5-23-17-15-16(22-14-12-10-9-11-13(14)21-15)18(24-6-2)20(26-8-4)19(17)25-7-3;;/h9-12H,5-8H2,1-4H3;2*1H. The second-order valence-electron chi connectivity index (χ2n) is 5.46. The second kappa shape index (κ2) is 11.3. The van der Waals surface area contributed by atoms with Crippen LogP contribution in [0.1, 0.15) is 27.7 Å². The number of benzene rings is 2. The smallest absolute Gasteiger partial charge is 0.210 e. The fraction of sp³-hybridized carbons (Fsp3) is 0.400. The molecule has 0 fully saturated rings. The van der Waals surface area contributed by atoms with Crippen molar-refractivity contribution in [2.45, 2.75) is 27.7 Å². The fourth-order valence-electron chi connectivity index (χ4n) is 2.85. The molecule has 0 aliphatic heterocycles. The third kappa shape index (κ3) is 4.60. The SMILES string of the molecule is Br.Br.CCOc1c(OCC)c(OCC)c2nc3ccccc3nc2c1OCC. The summed E-state index contributed by atoms with van der Waals surface area (Å²) in [6, 6.07) is 7.72. The van der Waals surface area contributed by atoms with E-state index in [2.05, 4.69) is 0 Å². The van der Waals surface area contributed by atoms with E-state index in [1.807, 2.05) is 52.0 Å². The highest BCUT2D eigenvalue weighted by Crippen LogP contribution is 2.50. The fourth-order valence-corrected chi connectivity index (χ4v) is 2.85. The minimum absolute atomic E-state index is 0. The van der Waals surface area contributed by atoms with E-state index in [4.69, 9.17) is 28.9 Å². The number of fused-ring (bicyclic) bond motifs is 2. The quantitative estimate of drug-likeness (QED) is 0.366. The minimum atomic E-state index is 0. The van der Waals surface area contributed by atoms with Gasteiger partial charge in [0.1, 0.15) is 11.0 Å². The Kier molecular flexibility index (Phi) is 9.75. The van der Waals surface area contributed by atoms with Crippen molar-refractivity contribution in [1.29, 1.82) is 0 Å². The van der Waals surface area contributed by atoms with Crippen molar-refractivity contribution < 1.29 is 18.9 Å². The highest BCUT2D eigenvalue weighted by atomic mass is 79.9. The number of para-hydroxylation sites is 2. The van der Waals surface area contributed by atoms with Crippen LogP contribution in [0.2, 0.25) is 0 Å². The third-order valence-corrected chi connectivity index (χ3v) is 3.77. The Bertz CT molecular complexity index is 848. The molecule has 154 valence electrons. The molecular formula is C20H26Br2N2O4. The molecule has 6 nitrogen and oxygen atoms in total. The van der Waals surface area contributed by atoms with Gasteiger partial charge in [-0.3, -0.25) is 0 Å². The van der Waals surface area contributed by atoms with Gasteiger partial charge in [0.05, 0.1) is 37.5 Å². The summed E-state index contributed by atoms with van der Waals surface area (Å²) in [7, 11) is 0. The Balaban J connectivity index is 0.00000196. The van der Waals surface area contributed by atoms with Crippen molar-refractivity contribution >= 4 is 56.0 Å². The molecule has 0 aliphatic rings. The van der Waals surface area contributed by atoms with Crippen molar-refractivity contribution in [3.8, 4) is 23.0 Å². The lowest BCUT2D eigenvalue weighted by molar-refractivity contribution is 0.247. The molecular weight excluding hydrogens is 492 g/mol. The van der Waals surface area contributed by atoms with Crippen molar-refractivity contribution in [1.82, 2.24) is 9.97 Å². The summed E-state index contributed by atoms with van der Waals surface area (Å²) in [4.78, 5) is 9.56. The highest BCUT2D eigenvalue weighted by molar-refractivity contribution is 8.93. The first-order valence-corrected chi connectivity index (χ1v) is 9.02. The van der Waals surface area contributed by atoms with Gasteiger partial charge in [-0.25, -0.2) is 9.97 Å². The average molecular weight is 518 g/mol. The number of rotatable bonds is 8. The molecule has 0 saturated heterocycles. The van der Waals surface area contributed by atoms with Gasteiger partial charge < -0.3 is 18.9 Å². The molecule has 0 saturated carbocycles. The molecule has 0 atom stereocenters. The average Bonchev–Trinajstić information content (AvgIpc) is 2.66. The summed E-state index contributed by atoms with van der Waals surface area (Å²) in [5.41, 5.74) is 2.80. The highest BCUT2D eigenvalue weighted by Gasteiger charge is 2.26. The molecule has 0 bridgehead atoms. The van der Waals surface area contributed by atoms with E-state index >= 15 is 0 Å². The van der Waals surface area contributed by atoms with E-state index in [1.165, 1.54) is 0 Å². The van der Waals surface area contributed by atoms with Crippen LogP contribution < -0.4 is 18.9 Å². The van der Waals surface area contributed by atoms with Crippen LogP contribution in [0.15, 0.2) is 24.3 Å². The van der Waals surface area contributed by atoms with Crippen molar-refractivity contribution in [3.63, 3.8) is 0 Å². The second-order valence-corrected chi connectivity index (χ2v) is 5.46. The molecule has 2 aromatic carbocycles. The number of hydrogen-bond donors (Lipinski definition) is 0. The Labute approximate surface area is 186 Å². The summed E-state index contributed by atoms with van der Waals surface area (Å²) >= 11 is 0. The zero-order valence-electron chi connectivity index (χ0n) is 16.5. The van der Waals surface area contributed by atoms with E-state index in [0.29, 0.717) is 60.5 Å². The largest absolute Gasteiger partial charge is 0.488 e. The van der Waals surface area contributed by atoms with Crippen molar-refractivity contribution in [3.05, 3.63) is 24.3 Å². The first-order valence-electron chi connectivity index (χ1n) is 9.02. The van der Waals surface area contributed by atoms with Crippen LogP contribution in [0.4, 0.5) is 0 Å². The maximum atomic E-state index is 5.91. The lowest BCUT2D eigenvalue weighted by atomic mass is 10.2. The van der Waals surface area contributed by atoms with Crippen molar-refractivity contribution in [2.24, 2.45) is 0 Å². The third-order valence-electron chi connectivity index (χ3n) is 3.77. The normalized spacial score (nSPS) is 10.1. The number of nitrogens with zero attached hydrogens (tertiary/aromatic N) is 2. The van der Waals surface area contributed by atoms with Gasteiger partial charge >= 0.3 is 0 Å². The number of aromatic nitrogens is 2. The van der Waals surface area contributed by atoms with Crippen LogP contribution in [0.5, 0.6) is 23.0 Å². The summed E-state index contributed by atoms with van der Waals surface area (Å²) in [6.45, 7) is 9.58. The molecule has 0 radical (unpaired) electrons. The molecule has 0 spiro atoms. The van der Waals surface area contributed by atoms with Gasteiger partial charge in [0.15, 0.2) is 11.5 Å². The monoisotopic (exact) mass is 516 g/mol. The Hall–Kier alpha value is -1.80. The van der Waals surface area contributed by atoms with Crippen LogP contribution in [0.25, 0.3) is 22.1 Å². The molecule has 3 aromatic rings. The topological polar surface area (TPSA) is 62.7 Å². The first kappa shape index (κ1) is 24.2. The van der Waals surface area contributed by atoms with Gasteiger partial charge in [-0.05, 0) is 39.8 Å². The molecule has 8 heteroatoms. The maximum Gasteiger partial charge on any atom is 0.210 e. The Morgan fingerprint density at radius 1 is 0.571 bits per heavy atom. The van der Waals surface area contributed by atoms with E-state index in [9.17, 15) is 0 Å². The van der Waals surface area contributed by atoms with Gasteiger partial charge in [0.25, 0.3) is 0 Å². The molecule has 0 N–H and O–H groups in total. The van der Waals surface area contributed by atoms with E-state index in [-0.39, 0.29) is 34.0 Å². The van der Waals surface area contributed by atoms with Gasteiger partial charge in [-0.2, -0.15) is 0 Å². The van der Waals surface area contributed by atoms with Crippen LogP contribution in [0.3, 0.4) is 0 Å². The molecule has 0 aliphatic carbocycles. The van der Waals surface area contributed by atoms with Crippen LogP contribution in [-0.4, -0.2) is 36.4 Å². The zero-order chi connectivity index (χ0) is 18.5. The maximum absolute atomic E-state index is 5.91. The predicted molar refractivity (Wildman–Crippen MR) is 122 cm³/mol. The minimum Gasteiger partial charge on any atom is -0.488 e. The van der Waals surface area contributed by atoms with E-state index < -0.39 is 0 Å². The lowest BCUT2D eigenvalue weighted by Crippen LogP contribution is -2.07. The van der Waals surface area contributed by atoms with E-state index in [0.717, 1.165) is 11.0 Å². The Morgan fingerprint density at radius 2 is 0.893 bits per heavy atom. The zero-order valence-corrected chi connectivity index (χ0v) is 19.9. The molecule has 0 unspecified atom stereocenters. The summed E-state index contributed by atoms with van der Waals surface area (Å²) in [5.74, 6) is 2.09. The predicted octanol–water partition coefficient (Wildman–Crippen LogP) is 5.53. The molecule has 3 rings (SSSR count). The van der Waals surface area contributed by atoms with Gasteiger partial charge in [0.2, 0.25) is 11.5 Å². The van der Waals surface area contributed by atoms with Gasteiger partial charge in [-0.1, -0.05) is 12.1 Å². The number of halogens is 2. The van der Waals surface area contributed by atoms with Gasteiger partial charge in [-0.15, -0.1) is 34.0 Å². The molecule has 1 heterocycles. The first-order chi connectivity index (χ1) is 12.7. The summed E-state index contributed by atoms with van der Waals surface area (Å²) < 4.78 is 23.6. The number of ether oxygens (including phenoxy) is 4. The van der Waals surface area contributed by atoms with Gasteiger partial charge in [0, 0.05) is 0 Å².